The molecule has 0 aromatic heterocycles. The molecule has 72 valence electrons. The molecule has 0 spiro atoms. The Labute approximate surface area is 97.5 Å². The summed E-state index contributed by atoms with van der Waals surface area (Å²) in [5, 5.41) is 0. The standard InChI is InChI=1S/C6H8O2.C2H6.I2/c1-5(7)3-4-6(2)8;2*1-2/h3-4H,1-2H3;1-2H3;/b4-3-;;. The number of carbonyl (C=O) groups is 2. The van der Waals surface area contributed by atoms with Crippen molar-refractivity contribution in [2.75, 3.05) is 0 Å². The molecule has 0 amide bonds. The molecule has 0 heterocycles. The topological polar surface area (TPSA) is 34.1 Å². The number of rotatable bonds is 2. The van der Waals surface area contributed by atoms with Gasteiger partial charge in [-0.3, -0.25) is 9.59 Å². The van der Waals surface area contributed by atoms with Crippen LogP contribution in [-0.4, -0.2) is 11.6 Å². The van der Waals surface area contributed by atoms with Gasteiger partial charge in [0.2, 0.25) is 0 Å². The van der Waals surface area contributed by atoms with Crippen LogP contribution in [0, 0.1) is 0 Å². The van der Waals surface area contributed by atoms with Gasteiger partial charge in [0.15, 0.2) is 11.6 Å². The maximum atomic E-state index is 10.1. The number of hydrogen-bond acceptors (Lipinski definition) is 2. The summed E-state index contributed by atoms with van der Waals surface area (Å²) in [6.45, 7) is 6.80. The van der Waals surface area contributed by atoms with Gasteiger partial charge in [0.1, 0.15) is 0 Å². The summed E-state index contributed by atoms with van der Waals surface area (Å²) in [4.78, 5) is 20.2. The normalized spacial score (nSPS) is 7.50. The second kappa shape index (κ2) is 17.6. The van der Waals surface area contributed by atoms with Crippen LogP contribution in [-0.2, 0) is 9.59 Å². The zero-order valence-corrected chi connectivity index (χ0v) is 12.0. The highest BCUT2D eigenvalue weighted by Gasteiger charge is 1.83. The SMILES string of the molecule is CC.CC(=O)/C=C\C(C)=O.II. The molecular weight excluding hydrogens is 382 g/mol. The molecule has 0 unspecified atom stereocenters. The molecule has 0 aliphatic rings. The van der Waals surface area contributed by atoms with E-state index < -0.39 is 0 Å². The Balaban J connectivity index is -0.000000175. The monoisotopic (exact) mass is 396 g/mol. The Hall–Kier alpha value is 0.540. The maximum absolute atomic E-state index is 10.1. The number of halogens is 2. The summed E-state index contributed by atoms with van der Waals surface area (Å²) in [5.41, 5.74) is 0. The average Bonchev–Trinajstić information content (AvgIpc) is 2.08. The quantitative estimate of drug-likeness (QED) is 0.529. The van der Waals surface area contributed by atoms with Gasteiger partial charge in [-0.05, 0) is 26.0 Å². The zero-order valence-electron chi connectivity index (χ0n) is 7.73. The van der Waals surface area contributed by atoms with Crippen LogP contribution < -0.4 is 0 Å². The van der Waals surface area contributed by atoms with E-state index in [1.807, 2.05) is 13.8 Å². The van der Waals surface area contributed by atoms with E-state index in [1.165, 1.54) is 26.0 Å². The molecule has 0 atom stereocenters. The summed E-state index contributed by atoms with van der Waals surface area (Å²) in [6.07, 6.45) is 2.50. The first-order chi connectivity index (χ1) is 5.63. The van der Waals surface area contributed by atoms with Crippen molar-refractivity contribution >= 4 is 48.8 Å². The highest BCUT2D eigenvalue weighted by molar-refractivity contribution is 15.0. The third kappa shape index (κ3) is 31.3. The summed E-state index contributed by atoms with van der Waals surface area (Å²) in [5.74, 6) is -0.194. The van der Waals surface area contributed by atoms with Crippen LogP contribution in [0.5, 0.6) is 0 Å². The van der Waals surface area contributed by atoms with Crippen LogP contribution in [0.25, 0.3) is 0 Å². The first-order valence-corrected chi connectivity index (χ1v) is 9.75. The lowest BCUT2D eigenvalue weighted by Crippen LogP contribution is -1.85. The molecule has 4 heteroatoms. The highest BCUT2D eigenvalue weighted by Crippen LogP contribution is 1.89. The van der Waals surface area contributed by atoms with Crippen molar-refractivity contribution in [1.29, 1.82) is 0 Å². The fourth-order valence-corrected chi connectivity index (χ4v) is 0.235. The van der Waals surface area contributed by atoms with Crippen LogP contribution in [0.3, 0.4) is 0 Å². The van der Waals surface area contributed by atoms with Gasteiger partial charge < -0.3 is 0 Å². The third-order valence-corrected chi connectivity index (χ3v) is 0.553. The molecule has 0 aromatic carbocycles. The minimum Gasteiger partial charge on any atom is -0.295 e. The first-order valence-electron chi connectivity index (χ1n) is 3.46. The molecule has 0 aromatic rings. The van der Waals surface area contributed by atoms with Crippen molar-refractivity contribution in [3.05, 3.63) is 12.2 Å². The Morgan fingerprint density at radius 1 is 0.917 bits per heavy atom. The molecule has 0 aliphatic carbocycles. The minimum absolute atomic E-state index is 0.0970. The third-order valence-electron chi connectivity index (χ3n) is 0.553. The van der Waals surface area contributed by atoms with Crippen molar-refractivity contribution in [2.24, 2.45) is 0 Å². The Morgan fingerprint density at radius 2 is 1.08 bits per heavy atom. The van der Waals surface area contributed by atoms with Gasteiger partial charge in [-0.2, -0.15) is 0 Å². The molecule has 0 saturated carbocycles. The molecule has 0 bridgehead atoms. The molecule has 2 nitrogen and oxygen atoms in total. The van der Waals surface area contributed by atoms with Crippen molar-refractivity contribution in [2.45, 2.75) is 27.7 Å². The lowest BCUT2D eigenvalue weighted by molar-refractivity contribution is -0.114. The van der Waals surface area contributed by atoms with Crippen LogP contribution in [0.2, 0.25) is 0 Å². The van der Waals surface area contributed by atoms with Gasteiger partial charge in [-0.25, -0.2) is 0 Å². The summed E-state index contributed by atoms with van der Waals surface area (Å²) < 4.78 is 0. The van der Waals surface area contributed by atoms with Gasteiger partial charge in [-0.1, -0.05) is 13.8 Å². The van der Waals surface area contributed by atoms with E-state index in [0.717, 1.165) is 0 Å². The molecule has 0 radical (unpaired) electrons. The molecule has 0 saturated heterocycles. The van der Waals surface area contributed by atoms with Gasteiger partial charge in [0, 0.05) is 37.2 Å². The Kier molecular flexibility index (Phi) is 26.9. The van der Waals surface area contributed by atoms with E-state index in [2.05, 4.69) is 37.2 Å². The van der Waals surface area contributed by atoms with Crippen molar-refractivity contribution in [3.63, 3.8) is 0 Å². The predicted octanol–water partition coefficient (Wildman–Crippen LogP) is 3.52. The van der Waals surface area contributed by atoms with Crippen LogP contribution in [0.4, 0.5) is 0 Å². The smallest absolute Gasteiger partial charge is 0.152 e. The minimum atomic E-state index is -0.0970. The fraction of sp³-hybridized carbons (Fsp3) is 0.500. The predicted molar refractivity (Wildman–Crippen MR) is 69.9 cm³/mol. The number of hydrogen-bond donors (Lipinski definition) is 0. The van der Waals surface area contributed by atoms with E-state index >= 15 is 0 Å². The van der Waals surface area contributed by atoms with Crippen molar-refractivity contribution in [1.82, 2.24) is 0 Å². The fourth-order valence-electron chi connectivity index (χ4n) is 0.235. The number of ketones is 2. The largest absolute Gasteiger partial charge is 0.295 e. The van der Waals surface area contributed by atoms with E-state index in [0.29, 0.717) is 0 Å². The Morgan fingerprint density at radius 3 is 1.17 bits per heavy atom. The van der Waals surface area contributed by atoms with Crippen LogP contribution in [0.15, 0.2) is 12.2 Å². The van der Waals surface area contributed by atoms with E-state index in [1.54, 1.807) is 0 Å². The summed E-state index contributed by atoms with van der Waals surface area (Å²) in [6, 6.07) is 0. The summed E-state index contributed by atoms with van der Waals surface area (Å²) >= 11 is 4.24. The first kappa shape index (κ1) is 18.3. The second-order valence-electron chi connectivity index (χ2n) is 1.55. The molecule has 12 heavy (non-hydrogen) atoms. The highest BCUT2D eigenvalue weighted by atomic mass is 128. The Bertz CT molecular complexity index is 126. The van der Waals surface area contributed by atoms with E-state index in [-0.39, 0.29) is 11.6 Å². The lowest BCUT2D eigenvalue weighted by Gasteiger charge is -1.74. The molecule has 0 aliphatic heterocycles. The maximum Gasteiger partial charge on any atom is 0.152 e. The lowest BCUT2D eigenvalue weighted by atomic mass is 10.3. The van der Waals surface area contributed by atoms with Crippen LogP contribution >= 0.6 is 37.2 Å². The van der Waals surface area contributed by atoms with Gasteiger partial charge >= 0.3 is 0 Å². The zero-order chi connectivity index (χ0) is 10.6. The van der Waals surface area contributed by atoms with Crippen molar-refractivity contribution in [3.8, 4) is 0 Å². The van der Waals surface area contributed by atoms with Gasteiger partial charge in [0.25, 0.3) is 0 Å². The summed E-state index contributed by atoms with van der Waals surface area (Å²) in [7, 11) is 0. The molecule has 0 rings (SSSR count). The number of allylic oxidation sites excluding steroid dienone is 2. The molecule has 0 fully saturated rings. The van der Waals surface area contributed by atoms with E-state index in [9.17, 15) is 9.59 Å². The second-order valence-corrected chi connectivity index (χ2v) is 1.55. The van der Waals surface area contributed by atoms with Gasteiger partial charge in [0.05, 0.1) is 0 Å². The van der Waals surface area contributed by atoms with Gasteiger partial charge in [-0.15, -0.1) is 0 Å². The molecule has 0 N–H and O–H groups in total. The average molecular weight is 396 g/mol. The van der Waals surface area contributed by atoms with Crippen LogP contribution in [0.1, 0.15) is 27.7 Å². The van der Waals surface area contributed by atoms with E-state index in [4.69, 9.17) is 0 Å². The number of carbonyl (C=O) groups excluding carboxylic acids is 2. The van der Waals surface area contributed by atoms with Crippen molar-refractivity contribution < 1.29 is 9.59 Å². The molecular formula is C8H14I2O2.